The highest BCUT2D eigenvalue weighted by Gasteiger charge is 2.20. The van der Waals surface area contributed by atoms with Crippen LogP contribution in [0.3, 0.4) is 0 Å². The number of carbonyl (C=O) groups excluding carboxylic acids is 2. The number of aliphatic hydroxyl groups is 1. The maximum atomic E-state index is 12.9. The first-order chi connectivity index (χ1) is 10.9. The lowest BCUT2D eigenvalue weighted by atomic mass is 10.1. The molecule has 1 unspecified atom stereocenters. The molecule has 3 N–H and O–H groups in total. The lowest BCUT2D eigenvalue weighted by Gasteiger charge is -2.13. The van der Waals surface area contributed by atoms with Gasteiger partial charge in [-0.15, -0.1) is 0 Å². The van der Waals surface area contributed by atoms with Crippen LogP contribution in [0.25, 0.3) is 0 Å². The van der Waals surface area contributed by atoms with Crippen molar-refractivity contribution in [2.24, 2.45) is 5.73 Å². The Morgan fingerprint density at radius 2 is 2.04 bits per heavy atom. The Labute approximate surface area is 131 Å². The molecule has 0 saturated heterocycles. The zero-order valence-corrected chi connectivity index (χ0v) is 12.4. The molecule has 0 fully saturated rings. The van der Waals surface area contributed by atoms with Crippen molar-refractivity contribution in [3.63, 3.8) is 0 Å². The minimum absolute atomic E-state index is 0.0731. The molecular weight excluding hydrogens is 305 g/mol. The molecule has 0 bridgehead atoms. The van der Waals surface area contributed by atoms with E-state index in [0.717, 1.165) is 0 Å². The molecule has 8 heteroatoms. The fraction of sp³-hybridized carbons (Fsp3) is 0.267. The van der Waals surface area contributed by atoms with Gasteiger partial charge in [-0.2, -0.15) is 0 Å². The Kier molecular flexibility index (Phi) is 5.07. The normalized spacial score (nSPS) is 12.0. The predicted octanol–water partition coefficient (Wildman–Crippen LogP) is 1.03. The minimum Gasteiger partial charge on any atom is -0.461 e. The number of primary amides is 1. The van der Waals surface area contributed by atoms with Crippen LogP contribution < -0.4 is 5.73 Å². The van der Waals surface area contributed by atoms with E-state index < -0.39 is 23.8 Å². The van der Waals surface area contributed by atoms with Crippen LogP contribution in [-0.4, -0.2) is 33.1 Å². The van der Waals surface area contributed by atoms with Crippen molar-refractivity contribution in [2.75, 3.05) is 6.61 Å². The first-order valence-corrected chi connectivity index (χ1v) is 6.90. The minimum atomic E-state index is -1.03. The number of amides is 1. The number of hydrogen-bond donors (Lipinski definition) is 2. The van der Waals surface area contributed by atoms with Gasteiger partial charge in [-0.25, -0.2) is 14.2 Å². The summed E-state index contributed by atoms with van der Waals surface area (Å²) in [5, 5.41) is 10.2. The van der Waals surface area contributed by atoms with Crippen LogP contribution in [-0.2, 0) is 11.3 Å². The molecule has 1 amide bonds. The van der Waals surface area contributed by atoms with Crippen LogP contribution in [0.4, 0.5) is 4.39 Å². The molecule has 0 aliphatic rings. The molecule has 0 aliphatic carbocycles. The Hall–Kier alpha value is -2.74. The van der Waals surface area contributed by atoms with Gasteiger partial charge in [-0.05, 0) is 24.6 Å². The molecule has 0 radical (unpaired) electrons. The van der Waals surface area contributed by atoms with E-state index in [4.69, 9.17) is 10.5 Å². The second-order valence-corrected chi connectivity index (χ2v) is 4.75. The van der Waals surface area contributed by atoms with Crippen molar-refractivity contribution < 1.29 is 23.8 Å². The van der Waals surface area contributed by atoms with E-state index >= 15 is 0 Å². The zero-order chi connectivity index (χ0) is 17.0. The van der Waals surface area contributed by atoms with Gasteiger partial charge in [-0.1, -0.05) is 12.1 Å². The number of ether oxygens (including phenoxy) is 1. The molecule has 2 aromatic rings. The number of halogens is 1. The molecule has 1 heterocycles. The van der Waals surface area contributed by atoms with Crippen molar-refractivity contribution in [2.45, 2.75) is 19.6 Å². The third-order valence-corrected chi connectivity index (χ3v) is 3.11. The third-order valence-electron chi connectivity index (χ3n) is 3.11. The first kappa shape index (κ1) is 16.6. The number of nitrogens with zero attached hydrogens (tertiary/aromatic N) is 2. The molecule has 122 valence electrons. The zero-order valence-electron chi connectivity index (χ0n) is 12.4. The molecule has 0 aliphatic heterocycles. The smallest absolute Gasteiger partial charge is 0.358 e. The Morgan fingerprint density at radius 3 is 2.61 bits per heavy atom. The third kappa shape index (κ3) is 3.92. The van der Waals surface area contributed by atoms with E-state index in [1.165, 1.54) is 35.0 Å². The van der Waals surface area contributed by atoms with Crippen molar-refractivity contribution >= 4 is 11.9 Å². The van der Waals surface area contributed by atoms with Crippen LogP contribution in [0.1, 0.15) is 39.7 Å². The number of aromatic nitrogens is 2. The standard InChI is InChI=1S/C15H16FN3O4/c1-2-23-15(22)11-7-19(14(18-11)13(17)21)8-12(20)9-3-5-10(16)6-4-9/h3-7,12,20H,2,8H2,1H3,(H2,17,21). The average molecular weight is 321 g/mol. The summed E-state index contributed by atoms with van der Waals surface area (Å²) in [5.74, 6) is -2.13. The number of rotatable bonds is 6. The topological polar surface area (TPSA) is 107 Å². The number of esters is 1. The molecule has 0 spiro atoms. The number of imidazole rings is 1. The molecular formula is C15H16FN3O4. The van der Waals surface area contributed by atoms with Crippen LogP contribution in [0, 0.1) is 5.82 Å². The molecule has 23 heavy (non-hydrogen) atoms. The highest BCUT2D eigenvalue weighted by atomic mass is 19.1. The molecule has 1 aromatic heterocycles. The molecule has 0 saturated carbocycles. The lowest BCUT2D eigenvalue weighted by Crippen LogP contribution is -2.20. The number of benzene rings is 1. The van der Waals surface area contributed by atoms with Gasteiger partial charge >= 0.3 is 5.97 Å². The number of aliphatic hydroxyl groups excluding tert-OH is 1. The quantitative estimate of drug-likeness (QED) is 0.773. The maximum absolute atomic E-state index is 12.9. The Morgan fingerprint density at radius 1 is 1.39 bits per heavy atom. The van der Waals surface area contributed by atoms with Gasteiger partial charge in [-0.3, -0.25) is 4.79 Å². The van der Waals surface area contributed by atoms with Crippen LogP contribution in [0.15, 0.2) is 30.5 Å². The average Bonchev–Trinajstić information content (AvgIpc) is 2.92. The summed E-state index contributed by atoms with van der Waals surface area (Å²) in [6.07, 6.45) is 0.253. The number of carbonyl (C=O) groups is 2. The van der Waals surface area contributed by atoms with Gasteiger partial charge in [0, 0.05) is 6.20 Å². The number of nitrogens with two attached hydrogens (primary N) is 1. The van der Waals surface area contributed by atoms with Crippen LogP contribution >= 0.6 is 0 Å². The second kappa shape index (κ2) is 7.01. The largest absolute Gasteiger partial charge is 0.461 e. The summed E-state index contributed by atoms with van der Waals surface area (Å²) in [5.41, 5.74) is 5.61. The van der Waals surface area contributed by atoms with Crippen molar-refractivity contribution in [3.05, 3.63) is 53.4 Å². The summed E-state index contributed by atoms with van der Waals surface area (Å²) >= 11 is 0. The number of hydrogen-bond acceptors (Lipinski definition) is 5. The van der Waals surface area contributed by atoms with E-state index in [2.05, 4.69) is 4.98 Å². The van der Waals surface area contributed by atoms with E-state index in [9.17, 15) is 19.1 Å². The van der Waals surface area contributed by atoms with Gasteiger partial charge in [0.05, 0.1) is 19.3 Å². The fourth-order valence-electron chi connectivity index (χ4n) is 2.03. The van der Waals surface area contributed by atoms with E-state index in [0.29, 0.717) is 5.56 Å². The van der Waals surface area contributed by atoms with E-state index in [1.807, 2.05) is 0 Å². The molecule has 2 rings (SSSR count). The van der Waals surface area contributed by atoms with E-state index in [-0.39, 0.29) is 24.7 Å². The molecule has 1 aromatic carbocycles. The molecule has 1 atom stereocenters. The van der Waals surface area contributed by atoms with Gasteiger partial charge in [0.1, 0.15) is 5.82 Å². The maximum Gasteiger partial charge on any atom is 0.358 e. The van der Waals surface area contributed by atoms with Crippen LogP contribution in [0.2, 0.25) is 0 Å². The van der Waals surface area contributed by atoms with Crippen molar-refractivity contribution in [3.8, 4) is 0 Å². The summed E-state index contributed by atoms with van der Waals surface area (Å²) in [7, 11) is 0. The summed E-state index contributed by atoms with van der Waals surface area (Å²) in [6.45, 7) is 1.73. The summed E-state index contributed by atoms with van der Waals surface area (Å²) < 4.78 is 19.0. The summed E-state index contributed by atoms with van der Waals surface area (Å²) in [6, 6.07) is 5.28. The van der Waals surface area contributed by atoms with Crippen LogP contribution in [0.5, 0.6) is 0 Å². The fourth-order valence-corrected chi connectivity index (χ4v) is 2.03. The Balaban J connectivity index is 2.25. The summed E-state index contributed by atoms with van der Waals surface area (Å²) in [4.78, 5) is 26.9. The van der Waals surface area contributed by atoms with E-state index in [1.54, 1.807) is 6.92 Å². The lowest BCUT2D eigenvalue weighted by molar-refractivity contribution is 0.0519. The highest BCUT2D eigenvalue weighted by molar-refractivity contribution is 5.93. The second-order valence-electron chi connectivity index (χ2n) is 4.75. The van der Waals surface area contributed by atoms with Gasteiger partial charge < -0.3 is 20.1 Å². The predicted molar refractivity (Wildman–Crippen MR) is 78.1 cm³/mol. The monoisotopic (exact) mass is 321 g/mol. The van der Waals surface area contributed by atoms with Gasteiger partial charge in [0.25, 0.3) is 5.91 Å². The highest BCUT2D eigenvalue weighted by Crippen LogP contribution is 2.17. The van der Waals surface area contributed by atoms with Crippen molar-refractivity contribution in [1.29, 1.82) is 0 Å². The SMILES string of the molecule is CCOC(=O)c1cn(CC(O)c2ccc(F)cc2)c(C(N)=O)n1. The van der Waals surface area contributed by atoms with Gasteiger partial charge in [0.15, 0.2) is 11.5 Å². The van der Waals surface area contributed by atoms with Crippen molar-refractivity contribution in [1.82, 2.24) is 9.55 Å². The van der Waals surface area contributed by atoms with Gasteiger partial charge in [0.2, 0.25) is 0 Å². The first-order valence-electron chi connectivity index (χ1n) is 6.90. The Bertz CT molecular complexity index is 712. The molecule has 7 nitrogen and oxygen atoms in total.